The van der Waals surface area contributed by atoms with Gasteiger partial charge in [0.15, 0.2) is 0 Å². The third kappa shape index (κ3) is 7.09. The number of fused-ring (bicyclic) bond motifs is 1. The number of hydrogen-bond donors (Lipinski definition) is 2. The quantitative estimate of drug-likeness (QED) is 0.170. The van der Waals surface area contributed by atoms with Crippen LogP contribution in [0.15, 0.2) is 59.5 Å². The molecule has 4 rings (SSSR count). The van der Waals surface area contributed by atoms with Gasteiger partial charge in [0.05, 0.1) is 23.4 Å². The molecule has 1 aliphatic heterocycles. The highest BCUT2D eigenvalue weighted by molar-refractivity contribution is 7.99. The highest BCUT2D eigenvalue weighted by atomic mass is 35.5. The van der Waals surface area contributed by atoms with Crippen molar-refractivity contribution < 1.29 is 9.53 Å². The van der Waals surface area contributed by atoms with Gasteiger partial charge in [-0.05, 0) is 79.9 Å². The Kier molecular flexibility index (Phi) is 9.79. The summed E-state index contributed by atoms with van der Waals surface area (Å²) >= 11 is 8.08. The summed E-state index contributed by atoms with van der Waals surface area (Å²) in [4.78, 5) is 16.6. The first-order chi connectivity index (χ1) is 17.5. The Morgan fingerprint density at radius 2 is 1.89 bits per heavy atom. The van der Waals surface area contributed by atoms with Crippen LogP contribution in [0.2, 0.25) is 5.02 Å². The van der Waals surface area contributed by atoms with Gasteiger partial charge in [-0.15, -0.1) is 11.8 Å². The van der Waals surface area contributed by atoms with Gasteiger partial charge in [-0.25, -0.2) is 0 Å². The maximum absolute atomic E-state index is 12.7. The average Bonchev–Trinajstić information content (AvgIpc) is 2.91. The van der Waals surface area contributed by atoms with Gasteiger partial charge in [-0.2, -0.15) is 0 Å². The first-order valence-electron chi connectivity index (χ1n) is 12.8. The molecule has 1 heterocycles. The predicted octanol–water partition coefficient (Wildman–Crippen LogP) is 6.49. The van der Waals surface area contributed by atoms with Crippen molar-refractivity contribution in [1.29, 1.82) is 0 Å². The van der Waals surface area contributed by atoms with Crippen LogP contribution in [-0.4, -0.2) is 49.8 Å². The van der Waals surface area contributed by atoms with Gasteiger partial charge in [0.25, 0.3) is 5.91 Å². The molecule has 1 aliphatic rings. The Morgan fingerprint density at radius 3 is 2.69 bits per heavy atom. The van der Waals surface area contributed by atoms with E-state index in [1.54, 1.807) is 12.1 Å². The van der Waals surface area contributed by atoms with E-state index in [4.69, 9.17) is 22.1 Å². The highest BCUT2D eigenvalue weighted by Gasteiger charge is 2.21. The lowest BCUT2D eigenvalue weighted by atomic mass is 9.96. The SMILES string of the molecule is COc1cc(N)c(Cl)cc1C(=O)NCC1CCN(CCCCCSc2cccc3ccccc23)CC1. The summed E-state index contributed by atoms with van der Waals surface area (Å²) in [5.41, 5.74) is 6.65. The second-order valence-electron chi connectivity index (χ2n) is 9.46. The van der Waals surface area contributed by atoms with E-state index in [-0.39, 0.29) is 5.91 Å². The molecule has 1 amide bonds. The van der Waals surface area contributed by atoms with E-state index >= 15 is 0 Å². The van der Waals surface area contributed by atoms with Crippen LogP contribution < -0.4 is 15.8 Å². The van der Waals surface area contributed by atoms with E-state index in [2.05, 4.69) is 52.7 Å². The number of piperidine rings is 1. The van der Waals surface area contributed by atoms with E-state index in [0.717, 1.165) is 25.9 Å². The number of rotatable bonds is 11. The number of carbonyl (C=O) groups excluding carboxylic acids is 1. The number of ether oxygens (including phenoxy) is 1. The monoisotopic (exact) mass is 525 g/mol. The van der Waals surface area contributed by atoms with E-state index in [9.17, 15) is 4.79 Å². The third-order valence-corrected chi connectivity index (χ3v) is 8.43. The van der Waals surface area contributed by atoms with Gasteiger partial charge >= 0.3 is 0 Å². The van der Waals surface area contributed by atoms with Crippen LogP contribution in [0.25, 0.3) is 10.8 Å². The van der Waals surface area contributed by atoms with Crippen molar-refractivity contribution in [2.45, 2.75) is 37.0 Å². The molecule has 0 saturated carbocycles. The molecule has 0 atom stereocenters. The number of amides is 1. The molecule has 3 aromatic rings. The Hall–Kier alpha value is -2.41. The number of nitrogen functional groups attached to an aromatic ring is 1. The maximum Gasteiger partial charge on any atom is 0.255 e. The lowest BCUT2D eigenvalue weighted by Gasteiger charge is -2.32. The molecule has 0 spiro atoms. The van der Waals surface area contributed by atoms with Crippen LogP contribution >= 0.6 is 23.4 Å². The fourth-order valence-corrected chi connectivity index (χ4v) is 6.03. The minimum atomic E-state index is -0.169. The van der Waals surface area contributed by atoms with Crippen molar-refractivity contribution in [1.82, 2.24) is 10.2 Å². The van der Waals surface area contributed by atoms with Crippen LogP contribution in [-0.2, 0) is 0 Å². The van der Waals surface area contributed by atoms with Crippen molar-refractivity contribution in [3.8, 4) is 5.75 Å². The van der Waals surface area contributed by atoms with E-state index < -0.39 is 0 Å². The Morgan fingerprint density at radius 1 is 1.11 bits per heavy atom. The van der Waals surface area contributed by atoms with Gasteiger partial charge < -0.3 is 20.7 Å². The number of hydrogen-bond acceptors (Lipinski definition) is 5. The molecule has 0 unspecified atom stereocenters. The molecule has 1 saturated heterocycles. The number of nitrogens with two attached hydrogens (primary N) is 1. The molecule has 192 valence electrons. The molecule has 1 fully saturated rings. The summed E-state index contributed by atoms with van der Waals surface area (Å²) in [6, 6.07) is 18.4. The molecule has 0 aromatic heterocycles. The zero-order valence-corrected chi connectivity index (χ0v) is 22.5. The number of unbranched alkanes of at least 4 members (excludes halogenated alkanes) is 2. The van der Waals surface area contributed by atoms with Crippen molar-refractivity contribution in [3.63, 3.8) is 0 Å². The summed E-state index contributed by atoms with van der Waals surface area (Å²) in [6.07, 6.45) is 5.97. The van der Waals surface area contributed by atoms with Gasteiger partial charge in [-0.1, -0.05) is 54.4 Å². The van der Waals surface area contributed by atoms with Crippen molar-refractivity contribution >= 4 is 45.7 Å². The van der Waals surface area contributed by atoms with Crippen LogP contribution in [0.3, 0.4) is 0 Å². The summed E-state index contributed by atoms with van der Waals surface area (Å²) in [7, 11) is 1.53. The predicted molar refractivity (Wildman–Crippen MR) is 152 cm³/mol. The molecule has 3 N–H and O–H groups in total. The first-order valence-corrected chi connectivity index (χ1v) is 14.2. The number of nitrogens with zero attached hydrogens (tertiary/aromatic N) is 1. The smallest absolute Gasteiger partial charge is 0.255 e. The van der Waals surface area contributed by atoms with Gasteiger partial charge in [0.2, 0.25) is 0 Å². The zero-order chi connectivity index (χ0) is 25.3. The Labute approximate surface area is 223 Å². The lowest BCUT2D eigenvalue weighted by molar-refractivity contribution is 0.0933. The average molecular weight is 526 g/mol. The first kappa shape index (κ1) is 26.6. The minimum Gasteiger partial charge on any atom is -0.496 e. The Balaban J connectivity index is 1.10. The Bertz CT molecular complexity index is 1160. The molecule has 36 heavy (non-hydrogen) atoms. The second kappa shape index (κ2) is 13.2. The standard InChI is InChI=1S/C29H36ClN3O2S/c1-35-27-19-26(31)25(30)18-24(27)29(34)32-20-21-12-15-33(16-13-21)14-5-2-6-17-36-28-11-7-9-22-8-3-4-10-23(22)28/h3-4,7-11,18-19,21H,2,5-6,12-17,20,31H2,1H3,(H,32,34). The van der Waals surface area contributed by atoms with Crippen molar-refractivity contribution in [2.24, 2.45) is 5.92 Å². The normalized spacial score (nSPS) is 14.7. The number of anilines is 1. The lowest BCUT2D eigenvalue weighted by Crippen LogP contribution is -2.39. The number of halogens is 1. The zero-order valence-electron chi connectivity index (χ0n) is 21.0. The maximum atomic E-state index is 12.7. The molecule has 0 radical (unpaired) electrons. The number of likely N-dealkylation sites (tertiary alicyclic amines) is 1. The van der Waals surface area contributed by atoms with Gasteiger partial charge in [0.1, 0.15) is 5.75 Å². The number of benzene rings is 3. The number of nitrogens with one attached hydrogen (secondary N) is 1. The van der Waals surface area contributed by atoms with Crippen molar-refractivity contribution in [3.05, 3.63) is 65.2 Å². The second-order valence-corrected chi connectivity index (χ2v) is 11.0. The molecule has 3 aromatic carbocycles. The van der Waals surface area contributed by atoms with Crippen molar-refractivity contribution in [2.75, 3.05) is 44.8 Å². The molecule has 0 bridgehead atoms. The molecular weight excluding hydrogens is 490 g/mol. The largest absolute Gasteiger partial charge is 0.496 e. The fourth-order valence-electron chi connectivity index (χ4n) is 4.78. The molecular formula is C29H36ClN3O2S. The fraction of sp³-hybridized carbons (Fsp3) is 0.414. The molecule has 5 nitrogen and oxygen atoms in total. The number of thioether (sulfide) groups is 1. The number of carbonyl (C=O) groups is 1. The highest BCUT2D eigenvalue weighted by Crippen LogP contribution is 2.30. The van der Waals surface area contributed by atoms with Crippen LogP contribution in [0.5, 0.6) is 5.75 Å². The molecule has 0 aliphatic carbocycles. The topological polar surface area (TPSA) is 67.6 Å². The summed E-state index contributed by atoms with van der Waals surface area (Å²) in [5, 5.41) is 6.10. The van der Waals surface area contributed by atoms with Crippen LogP contribution in [0, 0.1) is 5.92 Å². The summed E-state index contributed by atoms with van der Waals surface area (Å²) in [5.74, 6) is 1.94. The minimum absolute atomic E-state index is 0.169. The van der Waals surface area contributed by atoms with E-state index in [0.29, 0.717) is 34.5 Å². The van der Waals surface area contributed by atoms with Gasteiger partial charge in [0, 0.05) is 17.5 Å². The van der Waals surface area contributed by atoms with E-state index in [1.165, 1.54) is 54.3 Å². The van der Waals surface area contributed by atoms with Crippen LogP contribution in [0.4, 0.5) is 5.69 Å². The van der Waals surface area contributed by atoms with Gasteiger partial charge in [-0.3, -0.25) is 4.79 Å². The van der Waals surface area contributed by atoms with Crippen LogP contribution in [0.1, 0.15) is 42.5 Å². The summed E-state index contributed by atoms with van der Waals surface area (Å²) < 4.78 is 5.30. The van der Waals surface area contributed by atoms with E-state index in [1.807, 2.05) is 11.8 Å². The summed E-state index contributed by atoms with van der Waals surface area (Å²) in [6.45, 7) is 4.03. The molecule has 7 heteroatoms. The third-order valence-electron chi connectivity index (χ3n) is 6.95. The number of methoxy groups -OCH3 is 1.